The largest absolute Gasteiger partial charge is 0.309 e. The average Bonchev–Trinajstić information content (AvgIpc) is 2.85. The molecular formula is C15H19N3S. The summed E-state index contributed by atoms with van der Waals surface area (Å²) in [5, 5.41) is 8.07. The Balaban J connectivity index is 1.59. The SMILES string of the molecule is Cn1ccc(CCNC2CSCc3ccccc32)n1. The van der Waals surface area contributed by atoms with Crippen molar-refractivity contribution in [2.75, 3.05) is 12.3 Å². The second-order valence-electron chi connectivity index (χ2n) is 4.95. The summed E-state index contributed by atoms with van der Waals surface area (Å²) in [6.45, 7) is 0.983. The van der Waals surface area contributed by atoms with E-state index in [4.69, 9.17) is 0 Å². The first-order valence-electron chi connectivity index (χ1n) is 6.70. The summed E-state index contributed by atoms with van der Waals surface area (Å²) in [6.07, 6.45) is 2.99. The van der Waals surface area contributed by atoms with Crippen LogP contribution in [0.15, 0.2) is 36.5 Å². The number of rotatable bonds is 4. The van der Waals surface area contributed by atoms with E-state index in [9.17, 15) is 0 Å². The van der Waals surface area contributed by atoms with E-state index in [1.807, 2.05) is 29.7 Å². The molecule has 0 saturated heterocycles. The third kappa shape index (κ3) is 3.01. The molecule has 1 unspecified atom stereocenters. The van der Waals surface area contributed by atoms with Gasteiger partial charge in [0, 0.05) is 43.8 Å². The summed E-state index contributed by atoms with van der Waals surface area (Å²) in [7, 11) is 1.96. The zero-order chi connectivity index (χ0) is 13.1. The van der Waals surface area contributed by atoms with Gasteiger partial charge in [0.1, 0.15) is 0 Å². The van der Waals surface area contributed by atoms with Crippen LogP contribution in [0.5, 0.6) is 0 Å². The minimum atomic E-state index is 0.485. The van der Waals surface area contributed by atoms with Crippen molar-refractivity contribution in [3.05, 3.63) is 53.3 Å². The predicted molar refractivity (Wildman–Crippen MR) is 80.3 cm³/mol. The van der Waals surface area contributed by atoms with Gasteiger partial charge in [0.05, 0.1) is 5.69 Å². The normalized spacial score (nSPS) is 18.3. The Morgan fingerprint density at radius 3 is 3.11 bits per heavy atom. The Morgan fingerprint density at radius 2 is 2.26 bits per heavy atom. The second-order valence-corrected chi connectivity index (χ2v) is 5.98. The number of aryl methyl sites for hydroxylation is 1. The lowest BCUT2D eigenvalue weighted by atomic mass is 10.0. The van der Waals surface area contributed by atoms with Crippen molar-refractivity contribution in [2.24, 2.45) is 7.05 Å². The smallest absolute Gasteiger partial charge is 0.0637 e. The molecule has 0 fully saturated rings. The van der Waals surface area contributed by atoms with Crippen LogP contribution >= 0.6 is 11.8 Å². The molecule has 0 bridgehead atoms. The Bertz CT molecular complexity index is 550. The molecule has 100 valence electrons. The van der Waals surface area contributed by atoms with Gasteiger partial charge in [-0.25, -0.2) is 0 Å². The number of thioether (sulfide) groups is 1. The van der Waals surface area contributed by atoms with E-state index in [0.29, 0.717) is 6.04 Å². The van der Waals surface area contributed by atoms with Crippen LogP contribution in [0.2, 0.25) is 0 Å². The van der Waals surface area contributed by atoms with Crippen molar-refractivity contribution in [1.82, 2.24) is 15.1 Å². The van der Waals surface area contributed by atoms with E-state index in [1.54, 1.807) is 0 Å². The minimum absolute atomic E-state index is 0.485. The van der Waals surface area contributed by atoms with E-state index in [2.05, 4.69) is 40.7 Å². The third-order valence-corrected chi connectivity index (χ3v) is 4.60. The lowest BCUT2D eigenvalue weighted by Crippen LogP contribution is -2.28. The van der Waals surface area contributed by atoms with E-state index >= 15 is 0 Å². The van der Waals surface area contributed by atoms with Gasteiger partial charge in [0.25, 0.3) is 0 Å². The standard InChI is InChI=1S/C15H19N3S/c1-18-9-7-13(17-18)6-8-16-15-11-19-10-12-4-2-3-5-14(12)15/h2-5,7,9,15-16H,6,8,10-11H2,1H3. The molecule has 1 atom stereocenters. The van der Waals surface area contributed by atoms with Gasteiger partial charge in [0.15, 0.2) is 0 Å². The average molecular weight is 273 g/mol. The van der Waals surface area contributed by atoms with Gasteiger partial charge in [-0.2, -0.15) is 16.9 Å². The molecule has 0 radical (unpaired) electrons. The van der Waals surface area contributed by atoms with Gasteiger partial charge in [0.2, 0.25) is 0 Å². The molecule has 0 saturated carbocycles. The zero-order valence-electron chi connectivity index (χ0n) is 11.2. The first kappa shape index (κ1) is 12.8. The van der Waals surface area contributed by atoms with E-state index in [-0.39, 0.29) is 0 Å². The second kappa shape index (κ2) is 5.80. The molecule has 0 spiro atoms. The highest BCUT2D eigenvalue weighted by Gasteiger charge is 2.19. The van der Waals surface area contributed by atoms with Crippen LogP contribution in [-0.2, 0) is 19.2 Å². The van der Waals surface area contributed by atoms with Crippen LogP contribution < -0.4 is 5.32 Å². The van der Waals surface area contributed by atoms with Crippen LogP contribution in [0, 0.1) is 0 Å². The summed E-state index contributed by atoms with van der Waals surface area (Å²) in [4.78, 5) is 0. The van der Waals surface area contributed by atoms with Crippen LogP contribution in [0.4, 0.5) is 0 Å². The molecule has 2 aromatic rings. The predicted octanol–water partition coefficient (Wildman–Crippen LogP) is 2.54. The number of fused-ring (bicyclic) bond motifs is 1. The van der Waals surface area contributed by atoms with Crippen molar-refractivity contribution in [3.63, 3.8) is 0 Å². The lowest BCUT2D eigenvalue weighted by molar-refractivity contribution is 0.571. The molecule has 3 nitrogen and oxygen atoms in total. The highest BCUT2D eigenvalue weighted by atomic mass is 32.2. The van der Waals surface area contributed by atoms with Crippen molar-refractivity contribution < 1.29 is 0 Å². The molecule has 1 aromatic carbocycles. The fourth-order valence-electron chi connectivity index (χ4n) is 2.52. The number of hydrogen-bond donors (Lipinski definition) is 1. The van der Waals surface area contributed by atoms with E-state index in [0.717, 1.165) is 24.4 Å². The monoisotopic (exact) mass is 273 g/mol. The summed E-state index contributed by atoms with van der Waals surface area (Å²) in [5.74, 6) is 2.31. The Kier molecular flexibility index (Phi) is 3.89. The fourth-order valence-corrected chi connectivity index (χ4v) is 3.66. The van der Waals surface area contributed by atoms with Crippen molar-refractivity contribution in [2.45, 2.75) is 18.2 Å². The quantitative estimate of drug-likeness (QED) is 0.928. The number of nitrogens with one attached hydrogen (secondary N) is 1. The highest BCUT2D eigenvalue weighted by molar-refractivity contribution is 7.98. The minimum Gasteiger partial charge on any atom is -0.309 e. The molecule has 0 amide bonds. The van der Waals surface area contributed by atoms with Gasteiger partial charge in [-0.15, -0.1) is 0 Å². The first-order chi connectivity index (χ1) is 9.33. The number of nitrogens with zero attached hydrogens (tertiary/aromatic N) is 2. The summed E-state index contributed by atoms with van der Waals surface area (Å²) in [6, 6.07) is 11.4. The first-order valence-corrected chi connectivity index (χ1v) is 7.86. The summed E-state index contributed by atoms with van der Waals surface area (Å²) in [5.41, 5.74) is 4.11. The van der Waals surface area contributed by atoms with Crippen LogP contribution in [-0.4, -0.2) is 22.1 Å². The topological polar surface area (TPSA) is 29.9 Å². The van der Waals surface area contributed by atoms with Crippen molar-refractivity contribution >= 4 is 11.8 Å². The van der Waals surface area contributed by atoms with Crippen molar-refractivity contribution in [3.8, 4) is 0 Å². The molecule has 1 N–H and O–H groups in total. The summed E-state index contributed by atoms with van der Waals surface area (Å²) < 4.78 is 1.86. The Morgan fingerprint density at radius 1 is 1.37 bits per heavy atom. The molecule has 0 aliphatic carbocycles. The summed E-state index contributed by atoms with van der Waals surface area (Å²) >= 11 is 2.01. The molecule has 3 rings (SSSR count). The maximum absolute atomic E-state index is 4.41. The molecular weight excluding hydrogens is 254 g/mol. The van der Waals surface area contributed by atoms with Crippen LogP contribution in [0.3, 0.4) is 0 Å². The van der Waals surface area contributed by atoms with Crippen LogP contribution in [0.1, 0.15) is 22.9 Å². The number of aromatic nitrogens is 2. The number of benzene rings is 1. The van der Waals surface area contributed by atoms with Crippen LogP contribution in [0.25, 0.3) is 0 Å². The van der Waals surface area contributed by atoms with Gasteiger partial charge < -0.3 is 5.32 Å². The Hall–Kier alpha value is -1.26. The van der Waals surface area contributed by atoms with Gasteiger partial charge >= 0.3 is 0 Å². The Labute approximate surface area is 118 Å². The maximum Gasteiger partial charge on any atom is 0.0637 e. The number of hydrogen-bond acceptors (Lipinski definition) is 3. The maximum atomic E-state index is 4.41. The molecule has 19 heavy (non-hydrogen) atoms. The van der Waals surface area contributed by atoms with Gasteiger partial charge in [-0.3, -0.25) is 4.68 Å². The fraction of sp³-hybridized carbons (Fsp3) is 0.400. The zero-order valence-corrected chi connectivity index (χ0v) is 12.0. The molecule has 1 aliphatic rings. The van der Waals surface area contributed by atoms with E-state index in [1.165, 1.54) is 16.9 Å². The molecule has 4 heteroatoms. The van der Waals surface area contributed by atoms with Gasteiger partial charge in [-0.1, -0.05) is 24.3 Å². The highest BCUT2D eigenvalue weighted by Crippen LogP contribution is 2.31. The molecule has 2 heterocycles. The van der Waals surface area contributed by atoms with Gasteiger partial charge in [-0.05, 0) is 17.2 Å². The third-order valence-electron chi connectivity index (χ3n) is 3.51. The van der Waals surface area contributed by atoms with E-state index < -0.39 is 0 Å². The molecule has 1 aromatic heterocycles. The van der Waals surface area contributed by atoms with Crippen molar-refractivity contribution in [1.29, 1.82) is 0 Å². The lowest BCUT2D eigenvalue weighted by Gasteiger charge is -2.26. The molecule has 1 aliphatic heterocycles.